The monoisotopic (exact) mass is 371 g/mol. The molecule has 1 aromatic heterocycles. The molecule has 1 fully saturated rings. The molecule has 7 nitrogen and oxygen atoms in total. The maximum atomic E-state index is 12.0. The fraction of sp³-hybridized carbons (Fsp3) is 0.550. The zero-order valence-corrected chi connectivity index (χ0v) is 16.4. The number of aromatic nitrogens is 3. The minimum atomic E-state index is -0.0954. The Hall–Kier alpha value is -2.41. The van der Waals surface area contributed by atoms with Gasteiger partial charge in [-0.3, -0.25) is 4.79 Å². The van der Waals surface area contributed by atoms with E-state index < -0.39 is 0 Å². The number of methoxy groups -OCH3 is 1. The van der Waals surface area contributed by atoms with Crippen LogP contribution in [0, 0.1) is 0 Å². The number of Topliss-reactive ketones (excluding diaryl/α,β-unsaturated/α-hetero) is 1. The molecule has 1 unspecified atom stereocenters. The zero-order valence-electron chi connectivity index (χ0n) is 16.4. The number of hydrogen-bond donors (Lipinski definition) is 1. The highest BCUT2D eigenvalue weighted by Gasteiger charge is 2.19. The SMILES string of the molecule is COc1ccc(-n2nnc(C(C)=O)c2NCCCN2CCCCC2C)cc1. The Labute approximate surface area is 160 Å². The summed E-state index contributed by atoms with van der Waals surface area (Å²) < 4.78 is 6.88. The topological polar surface area (TPSA) is 72.3 Å². The summed E-state index contributed by atoms with van der Waals surface area (Å²) in [4.78, 5) is 14.5. The van der Waals surface area contributed by atoms with Crippen molar-refractivity contribution in [3.05, 3.63) is 30.0 Å². The fourth-order valence-electron chi connectivity index (χ4n) is 3.56. The number of hydrogen-bond acceptors (Lipinski definition) is 6. The number of benzene rings is 1. The van der Waals surface area contributed by atoms with Crippen LogP contribution in [0.15, 0.2) is 24.3 Å². The number of piperidine rings is 1. The third kappa shape index (κ3) is 4.66. The van der Waals surface area contributed by atoms with Crippen LogP contribution in [-0.2, 0) is 0 Å². The lowest BCUT2D eigenvalue weighted by Gasteiger charge is -2.33. The lowest BCUT2D eigenvalue weighted by molar-refractivity contribution is 0.101. The van der Waals surface area contributed by atoms with E-state index in [1.807, 2.05) is 24.3 Å². The van der Waals surface area contributed by atoms with Gasteiger partial charge in [-0.25, -0.2) is 0 Å². The van der Waals surface area contributed by atoms with Gasteiger partial charge in [0, 0.05) is 26.1 Å². The first-order valence-corrected chi connectivity index (χ1v) is 9.69. The summed E-state index contributed by atoms with van der Waals surface area (Å²) in [5, 5.41) is 11.6. The van der Waals surface area contributed by atoms with Crippen LogP contribution in [-0.4, -0.2) is 58.5 Å². The van der Waals surface area contributed by atoms with Gasteiger partial charge in [0.25, 0.3) is 0 Å². The van der Waals surface area contributed by atoms with Gasteiger partial charge in [0.1, 0.15) is 5.75 Å². The number of anilines is 1. The Morgan fingerprint density at radius 1 is 1.30 bits per heavy atom. The summed E-state index contributed by atoms with van der Waals surface area (Å²) in [6.07, 6.45) is 4.93. The molecule has 27 heavy (non-hydrogen) atoms. The van der Waals surface area contributed by atoms with Crippen LogP contribution in [0.4, 0.5) is 5.82 Å². The molecule has 146 valence electrons. The number of nitrogens with one attached hydrogen (secondary N) is 1. The van der Waals surface area contributed by atoms with E-state index in [0.29, 0.717) is 17.6 Å². The van der Waals surface area contributed by atoms with E-state index in [2.05, 4.69) is 27.5 Å². The van der Waals surface area contributed by atoms with Gasteiger partial charge in [0.15, 0.2) is 17.3 Å². The summed E-state index contributed by atoms with van der Waals surface area (Å²) >= 11 is 0. The van der Waals surface area contributed by atoms with E-state index in [9.17, 15) is 4.79 Å². The van der Waals surface area contributed by atoms with Crippen molar-refractivity contribution in [2.24, 2.45) is 0 Å². The van der Waals surface area contributed by atoms with Crippen LogP contribution in [0.3, 0.4) is 0 Å². The molecule has 1 atom stereocenters. The third-order valence-electron chi connectivity index (χ3n) is 5.18. The summed E-state index contributed by atoms with van der Waals surface area (Å²) in [6.45, 7) is 6.85. The summed E-state index contributed by atoms with van der Waals surface area (Å²) in [6, 6.07) is 8.20. The molecule has 0 aliphatic carbocycles. The Morgan fingerprint density at radius 2 is 2.07 bits per heavy atom. The van der Waals surface area contributed by atoms with Crippen molar-refractivity contribution in [3.8, 4) is 11.4 Å². The Balaban J connectivity index is 1.67. The standard InChI is InChI=1S/C20H29N5O2/c1-15-7-4-5-13-24(15)14-6-12-21-20-19(16(2)26)22-23-25(20)17-8-10-18(27-3)11-9-17/h8-11,15,21H,4-7,12-14H2,1-3H3. The van der Waals surface area contributed by atoms with Gasteiger partial charge >= 0.3 is 0 Å². The van der Waals surface area contributed by atoms with Gasteiger partial charge in [-0.15, -0.1) is 5.10 Å². The first-order chi connectivity index (χ1) is 13.1. The van der Waals surface area contributed by atoms with E-state index >= 15 is 0 Å². The first kappa shape index (κ1) is 19.4. The predicted octanol–water partition coefficient (Wildman–Crippen LogP) is 3.15. The molecule has 2 aromatic rings. The van der Waals surface area contributed by atoms with Crippen molar-refractivity contribution in [1.29, 1.82) is 0 Å². The van der Waals surface area contributed by atoms with Crippen LogP contribution < -0.4 is 10.1 Å². The molecule has 1 saturated heterocycles. The van der Waals surface area contributed by atoms with E-state index in [0.717, 1.165) is 30.9 Å². The highest BCUT2D eigenvalue weighted by atomic mass is 16.5. The van der Waals surface area contributed by atoms with Crippen molar-refractivity contribution in [3.63, 3.8) is 0 Å². The molecular formula is C20H29N5O2. The van der Waals surface area contributed by atoms with Crippen molar-refractivity contribution in [2.45, 2.75) is 45.6 Å². The predicted molar refractivity (Wildman–Crippen MR) is 106 cm³/mol. The average Bonchev–Trinajstić information content (AvgIpc) is 3.10. The Kier molecular flexibility index (Phi) is 6.45. The molecule has 3 rings (SSSR count). The Bertz CT molecular complexity index is 756. The minimum absolute atomic E-state index is 0.0954. The van der Waals surface area contributed by atoms with Gasteiger partial charge in [-0.1, -0.05) is 11.6 Å². The molecule has 1 N–H and O–H groups in total. The number of nitrogens with zero attached hydrogens (tertiary/aromatic N) is 4. The number of likely N-dealkylation sites (tertiary alicyclic amines) is 1. The highest BCUT2D eigenvalue weighted by Crippen LogP contribution is 2.21. The van der Waals surface area contributed by atoms with E-state index in [-0.39, 0.29) is 5.78 Å². The van der Waals surface area contributed by atoms with Gasteiger partial charge in [-0.05, 0) is 57.0 Å². The normalized spacial score (nSPS) is 17.7. The highest BCUT2D eigenvalue weighted by molar-refractivity contribution is 5.96. The summed E-state index contributed by atoms with van der Waals surface area (Å²) in [5.41, 5.74) is 1.21. The molecule has 1 aromatic carbocycles. The summed E-state index contributed by atoms with van der Waals surface area (Å²) in [5.74, 6) is 1.33. The quantitative estimate of drug-likeness (QED) is 0.568. The lowest BCUT2D eigenvalue weighted by Crippen LogP contribution is -2.38. The second-order valence-corrected chi connectivity index (χ2v) is 7.11. The average molecular weight is 371 g/mol. The van der Waals surface area contributed by atoms with Crippen molar-refractivity contribution < 1.29 is 9.53 Å². The van der Waals surface area contributed by atoms with Crippen LogP contribution >= 0.6 is 0 Å². The number of rotatable bonds is 8. The molecule has 0 spiro atoms. The maximum Gasteiger partial charge on any atom is 0.183 e. The first-order valence-electron chi connectivity index (χ1n) is 9.69. The smallest absolute Gasteiger partial charge is 0.183 e. The second kappa shape index (κ2) is 8.99. The molecule has 2 heterocycles. The van der Waals surface area contributed by atoms with Gasteiger partial charge in [0.05, 0.1) is 12.8 Å². The second-order valence-electron chi connectivity index (χ2n) is 7.11. The maximum absolute atomic E-state index is 12.0. The lowest BCUT2D eigenvalue weighted by atomic mass is 10.0. The van der Waals surface area contributed by atoms with Crippen LogP contribution in [0.25, 0.3) is 5.69 Å². The Morgan fingerprint density at radius 3 is 2.74 bits per heavy atom. The molecule has 0 bridgehead atoms. The largest absolute Gasteiger partial charge is 0.497 e. The molecular weight excluding hydrogens is 342 g/mol. The zero-order chi connectivity index (χ0) is 19.2. The van der Waals surface area contributed by atoms with E-state index in [4.69, 9.17) is 4.74 Å². The van der Waals surface area contributed by atoms with Gasteiger partial charge < -0.3 is 15.0 Å². The van der Waals surface area contributed by atoms with Crippen molar-refractivity contribution in [2.75, 3.05) is 32.1 Å². The number of carbonyl (C=O) groups is 1. The third-order valence-corrected chi connectivity index (χ3v) is 5.18. The van der Waals surface area contributed by atoms with Crippen molar-refractivity contribution in [1.82, 2.24) is 19.9 Å². The van der Waals surface area contributed by atoms with Gasteiger partial charge in [-0.2, -0.15) is 4.68 Å². The molecule has 1 aliphatic rings. The summed E-state index contributed by atoms with van der Waals surface area (Å²) in [7, 11) is 1.63. The minimum Gasteiger partial charge on any atom is -0.497 e. The molecule has 7 heteroatoms. The van der Waals surface area contributed by atoms with Gasteiger partial charge in [0.2, 0.25) is 0 Å². The molecule has 0 saturated carbocycles. The number of carbonyl (C=O) groups excluding carboxylic acids is 1. The van der Waals surface area contributed by atoms with Crippen LogP contribution in [0.5, 0.6) is 5.75 Å². The fourth-order valence-corrected chi connectivity index (χ4v) is 3.56. The molecule has 1 aliphatic heterocycles. The van der Waals surface area contributed by atoms with Crippen molar-refractivity contribution >= 4 is 11.6 Å². The molecule has 0 radical (unpaired) electrons. The van der Waals surface area contributed by atoms with Crippen LogP contribution in [0.2, 0.25) is 0 Å². The van der Waals surface area contributed by atoms with Crippen LogP contribution in [0.1, 0.15) is 50.0 Å². The van der Waals surface area contributed by atoms with E-state index in [1.165, 1.54) is 32.7 Å². The number of ketones is 1. The molecule has 0 amide bonds. The van der Waals surface area contributed by atoms with E-state index in [1.54, 1.807) is 11.8 Å². The number of ether oxygens (including phenoxy) is 1.